The van der Waals surface area contributed by atoms with Crippen molar-refractivity contribution in [2.24, 2.45) is 7.05 Å². The smallest absolute Gasteiger partial charge is 0.270 e. The SMILES string of the molecule is Cc1c(CN2CCN(c3ccccc3Cl)CC2)cc(C(=O)N2CCN(c3cc(F)c(F)c(F)c3)C[C@@H]2C)n1C. The van der Waals surface area contributed by atoms with E-state index in [-0.39, 0.29) is 17.6 Å². The van der Waals surface area contributed by atoms with Gasteiger partial charge in [-0.05, 0) is 37.6 Å². The van der Waals surface area contributed by atoms with Crippen LogP contribution in [-0.2, 0) is 13.6 Å². The van der Waals surface area contributed by atoms with E-state index in [4.69, 9.17) is 11.6 Å². The number of piperazine rings is 2. The molecule has 3 aromatic rings. The van der Waals surface area contributed by atoms with Gasteiger partial charge in [-0.15, -0.1) is 0 Å². The maximum atomic E-state index is 13.8. The molecule has 2 saturated heterocycles. The van der Waals surface area contributed by atoms with Crippen molar-refractivity contribution in [2.45, 2.75) is 26.4 Å². The Hall–Kier alpha value is -3.17. The molecule has 39 heavy (non-hydrogen) atoms. The summed E-state index contributed by atoms with van der Waals surface area (Å²) < 4.78 is 42.9. The zero-order valence-electron chi connectivity index (χ0n) is 22.4. The highest BCUT2D eigenvalue weighted by molar-refractivity contribution is 6.33. The summed E-state index contributed by atoms with van der Waals surface area (Å²) in [6, 6.07) is 11.7. The molecule has 3 heterocycles. The highest BCUT2D eigenvalue weighted by Gasteiger charge is 2.31. The summed E-state index contributed by atoms with van der Waals surface area (Å²) in [7, 11) is 1.91. The first kappa shape index (κ1) is 27.4. The lowest BCUT2D eigenvalue weighted by molar-refractivity contribution is 0.0664. The van der Waals surface area contributed by atoms with Crippen molar-refractivity contribution < 1.29 is 18.0 Å². The first-order valence-corrected chi connectivity index (χ1v) is 13.6. The normalized spacial score (nSPS) is 18.6. The molecule has 1 aromatic heterocycles. The Morgan fingerprint density at radius 2 is 1.59 bits per heavy atom. The number of amides is 1. The van der Waals surface area contributed by atoms with Gasteiger partial charge in [0, 0.05) is 89.0 Å². The molecule has 2 aliphatic heterocycles. The fourth-order valence-corrected chi connectivity index (χ4v) is 5.84. The number of para-hydroxylation sites is 1. The maximum Gasteiger partial charge on any atom is 0.270 e. The Balaban J connectivity index is 1.23. The monoisotopic (exact) mass is 559 g/mol. The summed E-state index contributed by atoms with van der Waals surface area (Å²) >= 11 is 6.39. The van der Waals surface area contributed by atoms with Crippen molar-refractivity contribution in [2.75, 3.05) is 55.6 Å². The van der Waals surface area contributed by atoms with Crippen LogP contribution in [0.4, 0.5) is 24.5 Å². The summed E-state index contributed by atoms with van der Waals surface area (Å²) in [6.45, 7) is 9.43. The highest BCUT2D eigenvalue weighted by Crippen LogP contribution is 2.28. The topological polar surface area (TPSA) is 35.0 Å². The summed E-state index contributed by atoms with van der Waals surface area (Å²) in [5.74, 6) is -3.97. The number of benzene rings is 2. The van der Waals surface area contributed by atoms with Crippen molar-refractivity contribution in [1.82, 2.24) is 14.4 Å². The Labute approximate surface area is 232 Å². The largest absolute Gasteiger partial charge is 0.368 e. The van der Waals surface area contributed by atoms with E-state index in [0.717, 1.165) is 66.8 Å². The molecule has 0 N–H and O–H groups in total. The Bertz CT molecular complexity index is 1350. The van der Waals surface area contributed by atoms with Gasteiger partial charge >= 0.3 is 0 Å². The molecule has 2 fully saturated rings. The molecule has 10 heteroatoms. The molecule has 2 aliphatic rings. The maximum absolute atomic E-state index is 13.8. The number of hydrogen-bond acceptors (Lipinski definition) is 4. The number of anilines is 2. The minimum Gasteiger partial charge on any atom is -0.368 e. The van der Waals surface area contributed by atoms with Crippen molar-refractivity contribution in [3.05, 3.63) is 81.9 Å². The molecule has 0 bridgehead atoms. The van der Waals surface area contributed by atoms with Crippen LogP contribution in [0.25, 0.3) is 0 Å². The number of aromatic nitrogens is 1. The summed E-state index contributed by atoms with van der Waals surface area (Å²) in [5, 5.41) is 0.764. The molecule has 0 spiro atoms. The first-order valence-electron chi connectivity index (χ1n) is 13.2. The van der Waals surface area contributed by atoms with E-state index < -0.39 is 17.5 Å². The molecule has 2 aromatic carbocycles. The summed E-state index contributed by atoms with van der Waals surface area (Å²) in [6.07, 6.45) is 0. The fourth-order valence-electron chi connectivity index (χ4n) is 5.59. The van der Waals surface area contributed by atoms with E-state index in [0.29, 0.717) is 25.3 Å². The zero-order chi connectivity index (χ0) is 27.8. The Morgan fingerprint density at radius 1 is 0.949 bits per heavy atom. The molecule has 1 amide bonds. The van der Waals surface area contributed by atoms with Gasteiger partial charge in [-0.2, -0.15) is 0 Å². The van der Waals surface area contributed by atoms with E-state index in [1.165, 1.54) is 0 Å². The van der Waals surface area contributed by atoms with Crippen molar-refractivity contribution in [3.63, 3.8) is 0 Å². The third-order valence-electron chi connectivity index (χ3n) is 8.04. The van der Waals surface area contributed by atoms with Crippen LogP contribution < -0.4 is 9.80 Å². The average molecular weight is 560 g/mol. The average Bonchev–Trinajstić information content (AvgIpc) is 3.20. The van der Waals surface area contributed by atoms with Crippen molar-refractivity contribution in [1.29, 1.82) is 0 Å². The van der Waals surface area contributed by atoms with E-state index in [2.05, 4.69) is 9.80 Å². The quantitative estimate of drug-likeness (QED) is 0.409. The van der Waals surface area contributed by atoms with Crippen molar-refractivity contribution >= 4 is 28.9 Å². The van der Waals surface area contributed by atoms with Crippen LogP contribution in [0.1, 0.15) is 28.7 Å². The van der Waals surface area contributed by atoms with Crippen LogP contribution in [0.15, 0.2) is 42.5 Å². The number of carbonyl (C=O) groups is 1. The number of carbonyl (C=O) groups excluding carboxylic acids is 1. The van der Waals surface area contributed by atoms with Gasteiger partial charge in [-0.1, -0.05) is 23.7 Å². The molecular weight excluding hydrogens is 527 g/mol. The standard InChI is InChI=1S/C29H33ClF3N5O/c1-19-17-37(22-15-24(31)28(33)25(32)16-22)12-13-38(19)29(39)27-14-21(20(2)34(27)3)18-35-8-10-36(11-9-35)26-7-5-4-6-23(26)30/h4-7,14-16,19H,8-13,17-18H2,1-3H3/t19-/m0/s1. The van der Waals surface area contributed by atoms with Crippen molar-refractivity contribution in [3.8, 4) is 0 Å². The van der Waals surface area contributed by atoms with Gasteiger partial charge < -0.3 is 19.3 Å². The first-order chi connectivity index (χ1) is 18.6. The van der Waals surface area contributed by atoms with E-state index in [1.54, 1.807) is 9.80 Å². The minimum atomic E-state index is -1.47. The highest BCUT2D eigenvalue weighted by atomic mass is 35.5. The van der Waals surface area contributed by atoms with Gasteiger partial charge in [0.15, 0.2) is 17.5 Å². The second-order valence-corrected chi connectivity index (χ2v) is 10.8. The summed E-state index contributed by atoms with van der Waals surface area (Å²) in [4.78, 5) is 21.9. The molecule has 5 rings (SSSR count). The predicted octanol–water partition coefficient (Wildman–Crippen LogP) is 5.08. The van der Waals surface area contributed by atoms with E-state index >= 15 is 0 Å². The minimum absolute atomic E-state index is 0.0704. The molecular formula is C29H33ClF3N5O. The number of rotatable bonds is 5. The fraction of sp³-hybridized carbons (Fsp3) is 0.414. The summed E-state index contributed by atoms with van der Waals surface area (Å²) in [5.41, 5.74) is 4.13. The van der Waals surface area contributed by atoms with Crippen LogP contribution in [0.5, 0.6) is 0 Å². The van der Waals surface area contributed by atoms with Gasteiger partial charge in [-0.25, -0.2) is 13.2 Å². The predicted molar refractivity (Wildman–Crippen MR) is 148 cm³/mol. The molecule has 0 unspecified atom stereocenters. The second-order valence-electron chi connectivity index (χ2n) is 10.4. The molecule has 6 nitrogen and oxygen atoms in total. The van der Waals surface area contributed by atoms with Crippen LogP contribution >= 0.6 is 11.6 Å². The van der Waals surface area contributed by atoms with Crippen LogP contribution in [0.3, 0.4) is 0 Å². The molecule has 208 valence electrons. The van der Waals surface area contributed by atoms with Crippen LogP contribution in [0, 0.1) is 24.4 Å². The lowest BCUT2D eigenvalue weighted by atomic mass is 10.1. The number of halogens is 4. The zero-order valence-corrected chi connectivity index (χ0v) is 23.2. The van der Waals surface area contributed by atoms with Gasteiger partial charge in [0.25, 0.3) is 5.91 Å². The molecule has 0 saturated carbocycles. The molecule has 0 aliphatic carbocycles. The van der Waals surface area contributed by atoms with Crippen LogP contribution in [0.2, 0.25) is 5.02 Å². The molecule has 0 radical (unpaired) electrons. The van der Waals surface area contributed by atoms with Gasteiger partial charge in [0.2, 0.25) is 0 Å². The van der Waals surface area contributed by atoms with Gasteiger partial charge in [0.05, 0.1) is 10.7 Å². The van der Waals surface area contributed by atoms with Gasteiger partial charge in [-0.3, -0.25) is 9.69 Å². The van der Waals surface area contributed by atoms with Crippen LogP contribution in [-0.4, -0.2) is 72.1 Å². The van der Waals surface area contributed by atoms with Gasteiger partial charge in [0.1, 0.15) is 5.69 Å². The van der Waals surface area contributed by atoms with E-state index in [9.17, 15) is 18.0 Å². The second kappa shape index (κ2) is 11.1. The Morgan fingerprint density at radius 3 is 2.23 bits per heavy atom. The number of nitrogens with zero attached hydrogens (tertiary/aromatic N) is 5. The lowest BCUT2D eigenvalue weighted by Crippen LogP contribution is -2.54. The third kappa shape index (κ3) is 5.47. The lowest BCUT2D eigenvalue weighted by Gasteiger charge is -2.41. The third-order valence-corrected chi connectivity index (χ3v) is 8.36. The number of hydrogen-bond donors (Lipinski definition) is 0. The molecule has 1 atom stereocenters. The van der Waals surface area contributed by atoms with E-state index in [1.807, 2.05) is 55.8 Å². The Kier molecular flexibility index (Phi) is 7.82.